The van der Waals surface area contributed by atoms with E-state index in [4.69, 9.17) is 9.98 Å². The van der Waals surface area contributed by atoms with Crippen LogP contribution in [0.1, 0.15) is 97.4 Å². The maximum Gasteiger partial charge on any atom is 0.0872 e. The lowest BCUT2D eigenvalue weighted by Crippen LogP contribution is -2.09. The standard InChI is InChI=1S/C26H41N3/c1-10-24(11-2)29-16-18(5)26(22(29)9)28-25(17(3)4)19(6)20(7)27-21(8)23-14-12-13-15-23/h16,23-24H,3,10-15H2,1-2,4-9H3/b20-19+,27-21?,28-25?. The van der Waals surface area contributed by atoms with Gasteiger partial charge in [0.1, 0.15) is 0 Å². The molecule has 1 heterocycles. The average Bonchev–Trinajstić information content (AvgIpc) is 3.30. The lowest BCUT2D eigenvalue weighted by Gasteiger charge is -2.17. The molecular formula is C26H41N3. The third-order valence-corrected chi connectivity index (χ3v) is 6.59. The van der Waals surface area contributed by atoms with Gasteiger partial charge in [0, 0.05) is 29.3 Å². The molecule has 0 aliphatic heterocycles. The fraction of sp³-hybridized carbons (Fsp3) is 0.615. The maximum absolute atomic E-state index is 5.12. The van der Waals surface area contributed by atoms with Gasteiger partial charge in [0.2, 0.25) is 0 Å². The second kappa shape index (κ2) is 10.2. The van der Waals surface area contributed by atoms with E-state index in [0.29, 0.717) is 12.0 Å². The number of aryl methyl sites for hydroxylation is 1. The Morgan fingerprint density at radius 1 is 1.10 bits per heavy atom. The summed E-state index contributed by atoms with van der Waals surface area (Å²) in [5, 5.41) is 0. The van der Waals surface area contributed by atoms with Crippen LogP contribution in [-0.2, 0) is 0 Å². The summed E-state index contributed by atoms with van der Waals surface area (Å²) in [6.45, 7) is 21.6. The molecule has 1 saturated carbocycles. The topological polar surface area (TPSA) is 29.6 Å². The smallest absolute Gasteiger partial charge is 0.0872 e. The lowest BCUT2D eigenvalue weighted by molar-refractivity contribution is 0.465. The number of hydrogen-bond acceptors (Lipinski definition) is 2. The van der Waals surface area contributed by atoms with Crippen molar-refractivity contribution in [3.05, 3.63) is 40.9 Å². The van der Waals surface area contributed by atoms with Crippen LogP contribution in [0, 0.1) is 19.8 Å². The van der Waals surface area contributed by atoms with Gasteiger partial charge in [0.25, 0.3) is 0 Å². The average molecular weight is 396 g/mol. The normalized spacial score (nSPS) is 17.3. The first kappa shape index (κ1) is 23.4. The van der Waals surface area contributed by atoms with Crippen LogP contribution in [0.15, 0.2) is 39.6 Å². The van der Waals surface area contributed by atoms with Crippen LogP contribution in [0.25, 0.3) is 0 Å². The molecule has 0 amide bonds. The molecule has 0 bridgehead atoms. The molecule has 0 N–H and O–H groups in total. The Balaban J connectivity index is 2.47. The van der Waals surface area contributed by atoms with Gasteiger partial charge >= 0.3 is 0 Å². The molecule has 0 unspecified atom stereocenters. The van der Waals surface area contributed by atoms with E-state index in [2.05, 4.69) is 65.8 Å². The Morgan fingerprint density at radius 3 is 2.21 bits per heavy atom. The van der Waals surface area contributed by atoms with Gasteiger partial charge in [0.05, 0.1) is 11.4 Å². The minimum atomic E-state index is 0.531. The van der Waals surface area contributed by atoms with E-state index in [1.54, 1.807) is 0 Å². The van der Waals surface area contributed by atoms with Crippen LogP contribution in [-0.4, -0.2) is 16.0 Å². The summed E-state index contributed by atoms with van der Waals surface area (Å²) in [4.78, 5) is 10.1. The summed E-state index contributed by atoms with van der Waals surface area (Å²) in [5.41, 5.74) is 8.97. The minimum absolute atomic E-state index is 0.531. The summed E-state index contributed by atoms with van der Waals surface area (Å²) >= 11 is 0. The highest BCUT2D eigenvalue weighted by molar-refractivity contribution is 6.13. The predicted octanol–water partition coefficient (Wildman–Crippen LogP) is 8.06. The number of rotatable bonds is 8. The van der Waals surface area contributed by atoms with Gasteiger partial charge in [0.15, 0.2) is 0 Å². The predicted molar refractivity (Wildman–Crippen MR) is 129 cm³/mol. The highest BCUT2D eigenvalue weighted by Crippen LogP contribution is 2.32. The van der Waals surface area contributed by atoms with Crippen LogP contribution < -0.4 is 0 Å². The van der Waals surface area contributed by atoms with E-state index >= 15 is 0 Å². The molecule has 0 aromatic carbocycles. The first-order chi connectivity index (χ1) is 13.7. The lowest BCUT2D eigenvalue weighted by atomic mass is 10.0. The molecule has 0 radical (unpaired) electrons. The van der Waals surface area contributed by atoms with Crippen LogP contribution in [0.4, 0.5) is 5.69 Å². The molecule has 0 atom stereocenters. The molecular weight excluding hydrogens is 354 g/mol. The SMILES string of the molecule is C=C(C)C(=Nc1c(C)cn(C(CC)CC)c1C)/C(C)=C(\C)N=C(C)C1CCCC1. The Kier molecular flexibility index (Phi) is 8.24. The second-order valence-corrected chi connectivity index (χ2v) is 8.81. The number of nitrogens with zero attached hydrogens (tertiary/aromatic N) is 3. The van der Waals surface area contributed by atoms with E-state index in [1.165, 1.54) is 42.7 Å². The fourth-order valence-corrected chi connectivity index (χ4v) is 4.57. The van der Waals surface area contributed by atoms with E-state index in [-0.39, 0.29) is 0 Å². The van der Waals surface area contributed by atoms with Gasteiger partial charge < -0.3 is 4.57 Å². The monoisotopic (exact) mass is 395 g/mol. The Morgan fingerprint density at radius 2 is 1.69 bits per heavy atom. The van der Waals surface area contributed by atoms with E-state index in [9.17, 15) is 0 Å². The minimum Gasteiger partial charge on any atom is -0.346 e. The Labute approximate surface area is 178 Å². The maximum atomic E-state index is 5.12. The number of aromatic nitrogens is 1. The Hall–Kier alpha value is -1.90. The highest BCUT2D eigenvalue weighted by Gasteiger charge is 2.19. The third kappa shape index (κ3) is 5.38. The van der Waals surface area contributed by atoms with Gasteiger partial charge in [-0.3, -0.25) is 4.99 Å². The van der Waals surface area contributed by atoms with Crippen LogP contribution >= 0.6 is 0 Å². The molecule has 1 aliphatic carbocycles. The second-order valence-electron chi connectivity index (χ2n) is 8.81. The number of hydrogen-bond donors (Lipinski definition) is 0. The summed E-state index contributed by atoms with van der Waals surface area (Å²) in [6, 6.07) is 0.531. The molecule has 3 nitrogen and oxygen atoms in total. The summed E-state index contributed by atoms with van der Waals surface area (Å²) in [5.74, 6) is 0.654. The largest absolute Gasteiger partial charge is 0.346 e. The quantitative estimate of drug-likeness (QED) is 0.398. The van der Waals surface area contributed by atoms with Crippen molar-refractivity contribution in [2.24, 2.45) is 15.9 Å². The fourth-order valence-electron chi connectivity index (χ4n) is 4.57. The highest BCUT2D eigenvalue weighted by atomic mass is 15.0. The molecule has 29 heavy (non-hydrogen) atoms. The molecule has 0 spiro atoms. The zero-order valence-electron chi connectivity index (χ0n) is 20.0. The van der Waals surface area contributed by atoms with Crippen molar-refractivity contribution in [1.29, 1.82) is 0 Å². The van der Waals surface area contributed by atoms with Crippen molar-refractivity contribution in [3.8, 4) is 0 Å². The van der Waals surface area contributed by atoms with E-state index in [0.717, 1.165) is 41.1 Å². The van der Waals surface area contributed by atoms with Crippen LogP contribution in [0.2, 0.25) is 0 Å². The first-order valence-electron chi connectivity index (χ1n) is 11.4. The molecule has 0 saturated heterocycles. The Bertz CT molecular complexity index is 822. The zero-order chi connectivity index (χ0) is 21.7. The van der Waals surface area contributed by atoms with Gasteiger partial charge in [-0.1, -0.05) is 33.3 Å². The number of aliphatic imine (C=N–C) groups is 2. The number of allylic oxidation sites excluding steroid dienone is 3. The van der Waals surface area contributed by atoms with Crippen molar-refractivity contribution in [2.75, 3.05) is 0 Å². The summed E-state index contributed by atoms with van der Waals surface area (Å²) < 4.78 is 2.40. The molecule has 2 rings (SSSR count). The van der Waals surface area contributed by atoms with Crippen molar-refractivity contribution < 1.29 is 0 Å². The van der Waals surface area contributed by atoms with Crippen molar-refractivity contribution in [3.63, 3.8) is 0 Å². The van der Waals surface area contributed by atoms with Crippen molar-refractivity contribution in [1.82, 2.24) is 4.57 Å². The van der Waals surface area contributed by atoms with Crippen LogP contribution in [0.3, 0.4) is 0 Å². The van der Waals surface area contributed by atoms with Gasteiger partial charge in [-0.15, -0.1) is 0 Å². The van der Waals surface area contributed by atoms with Crippen LogP contribution in [0.5, 0.6) is 0 Å². The van der Waals surface area contributed by atoms with E-state index in [1.807, 2.05) is 6.92 Å². The van der Waals surface area contributed by atoms with Gasteiger partial charge in [-0.05, 0) is 89.9 Å². The van der Waals surface area contributed by atoms with E-state index < -0.39 is 0 Å². The first-order valence-corrected chi connectivity index (χ1v) is 11.4. The molecule has 1 fully saturated rings. The van der Waals surface area contributed by atoms with Crippen molar-refractivity contribution in [2.45, 2.75) is 100.0 Å². The zero-order valence-corrected chi connectivity index (χ0v) is 20.0. The summed E-state index contributed by atoms with van der Waals surface area (Å²) in [6.07, 6.45) is 9.77. The summed E-state index contributed by atoms with van der Waals surface area (Å²) in [7, 11) is 0. The molecule has 1 aromatic heterocycles. The van der Waals surface area contributed by atoms with Gasteiger partial charge in [-0.25, -0.2) is 4.99 Å². The third-order valence-electron chi connectivity index (χ3n) is 6.59. The molecule has 1 aliphatic rings. The van der Waals surface area contributed by atoms with Gasteiger partial charge in [-0.2, -0.15) is 0 Å². The molecule has 160 valence electrons. The molecule has 3 heteroatoms. The molecule has 1 aromatic rings. The van der Waals surface area contributed by atoms with Crippen molar-refractivity contribution >= 4 is 17.1 Å².